The first kappa shape index (κ1) is 52.8. The van der Waals surface area contributed by atoms with E-state index in [-0.39, 0.29) is 34.2 Å². The molecule has 2 aliphatic carbocycles. The van der Waals surface area contributed by atoms with E-state index in [2.05, 4.69) is 113 Å². The van der Waals surface area contributed by atoms with Crippen molar-refractivity contribution >= 4 is 46.7 Å². The summed E-state index contributed by atoms with van der Waals surface area (Å²) < 4.78 is 3.40. The Bertz CT molecular complexity index is 2830. The Hall–Kier alpha value is -6.55. The highest BCUT2D eigenvalue weighted by molar-refractivity contribution is 6.28. The molecular weight excluding hydrogens is 936 g/mol. The topological polar surface area (TPSA) is 190 Å². The fourth-order valence-electron chi connectivity index (χ4n) is 10.5. The van der Waals surface area contributed by atoms with Gasteiger partial charge in [-0.3, -0.25) is 9.36 Å². The van der Waals surface area contributed by atoms with E-state index in [0.717, 1.165) is 118 Å². The van der Waals surface area contributed by atoms with E-state index >= 15 is 0 Å². The number of fused-ring (bicyclic) bond motifs is 2. The van der Waals surface area contributed by atoms with Crippen LogP contribution in [-0.2, 0) is 33.4 Å². The van der Waals surface area contributed by atoms with Crippen molar-refractivity contribution in [2.75, 3.05) is 42.5 Å². The van der Waals surface area contributed by atoms with Gasteiger partial charge in [0, 0.05) is 81.9 Å². The Morgan fingerprint density at radius 2 is 1.32 bits per heavy atom. The lowest BCUT2D eigenvalue weighted by atomic mass is 9.80. The van der Waals surface area contributed by atoms with Crippen LogP contribution in [0.5, 0.6) is 0 Å². The van der Waals surface area contributed by atoms with Crippen LogP contribution in [0.25, 0.3) is 22.5 Å². The lowest BCUT2D eigenvalue weighted by molar-refractivity contribution is 0.192. The van der Waals surface area contributed by atoms with Gasteiger partial charge in [0.2, 0.25) is 11.2 Å². The molecule has 0 saturated carbocycles. The Kier molecular flexibility index (Phi) is 16.7. The third kappa shape index (κ3) is 13.9. The Labute approximate surface area is 436 Å². The Morgan fingerprint density at radius 3 is 1.95 bits per heavy atom. The van der Waals surface area contributed by atoms with E-state index in [1.165, 1.54) is 35.1 Å². The van der Waals surface area contributed by atoms with Crippen LogP contribution < -0.4 is 21.7 Å². The highest BCUT2D eigenvalue weighted by Gasteiger charge is 2.36. The number of nitrogens with one attached hydrogen (secondary N) is 3. The number of halogens is 1. The van der Waals surface area contributed by atoms with Crippen LogP contribution in [0.15, 0.2) is 79.6 Å². The molecule has 6 heterocycles. The minimum absolute atomic E-state index is 0.00645. The molecule has 3 unspecified atom stereocenters. The maximum absolute atomic E-state index is 13.3. The van der Waals surface area contributed by atoms with Crippen molar-refractivity contribution in [1.29, 1.82) is 0 Å². The molecule has 73 heavy (non-hydrogen) atoms. The third-order valence-corrected chi connectivity index (χ3v) is 15.1. The predicted molar refractivity (Wildman–Crippen MR) is 291 cm³/mol. The molecule has 3 atom stereocenters. The zero-order valence-corrected chi connectivity index (χ0v) is 44.8. The monoisotopic (exact) mass is 1010 g/mol. The van der Waals surface area contributed by atoms with Crippen molar-refractivity contribution in [3.05, 3.63) is 107 Å². The Morgan fingerprint density at radius 1 is 0.685 bits per heavy atom. The van der Waals surface area contributed by atoms with Gasteiger partial charge in [0.15, 0.2) is 0 Å². The number of anilines is 4. The molecule has 2 saturated heterocycles. The molecule has 5 N–H and O–H groups in total. The minimum Gasteiger partial charge on any atom is -0.396 e. The quantitative estimate of drug-likeness (QED) is 0.0923. The number of urea groups is 2. The van der Waals surface area contributed by atoms with Crippen LogP contribution in [0.4, 0.5) is 32.6 Å². The van der Waals surface area contributed by atoms with Crippen molar-refractivity contribution in [2.45, 2.75) is 118 Å². The number of benzene rings is 2. The summed E-state index contributed by atoms with van der Waals surface area (Å²) in [5.74, 6) is 1.61. The molecule has 2 aliphatic heterocycles. The number of amides is 4. The summed E-state index contributed by atoms with van der Waals surface area (Å²) in [4.78, 5) is 47.8. The fourth-order valence-corrected chi connectivity index (χ4v) is 10.6. The summed E-state index contributed by atoms with van der Waals surface area (Å²) in [6, 6.07) is 14.7. The molecule has 16 nitrogen and oxygen atoms in total. The molecule has 0 radical (unpaired) electrons. The highest BCUT2D eigenvalue weighted by Crippen LogP contribution is 2.38. The van der Waals surface area contributed by atoms with Crippen molar-refractivity contribution in [3.8, 4) is 22.5 Å². The van der Waals surface area contributed by atoms with Gasteiger partial charge in [-0.15, -0.1) is 0 Å². The lowest BCUT2D eigenvalue weighted by Crippen LogP contribution is -2.41. The van der Waals surface area contributed by atoms with E-state index in [0.29, 0.717) is 23.5 Å². The van der Waals surface area contributed by atoms with Crippen molar-refractivity contribution in [2.24, 2.45) is 36.8 Å². The number of nitrogens with two attached hydrogens (primary N) is 1. The van der Waals surface area contributed by atoms with E-state index in [1.54, 1.807) is 40.3 Å². The molecule has 388 valence electrons. The molecular formula is C56H75ClN14O2. The molecule has 0 spiro atoms. The summed E-state index contributed by atoms with van der Waals surface area (Å²) in [6.45, 7) is 16.9. The van der Waals surface area contributed by atoms with Gasteiger partial charge in [0.1, 0.15) is 0 Å². The SMILES string of the molecule is CC(C)(C)C1CCN(C(=O)NC2CCCCc3cc(-c4ccnc(Cl)n4)ccc32)C1.Cn1cc(N)cn1.Cn1cc(Nc2nccc(-c3cc4c(c(NC(=O)N5CCC(C(C)(C)C)C5)c3)CCCCC4)n2)cn1. The molecule has 0 bridgehead atoms. The number of likely N-dealkylation sites (tertiary alicyclic amines) is 2. The summed E-state index contributed by atoms with van der Waals surface area (Å²) in [5, 5.41) is 18.1. The van der Waals surface area contributed by atoms with E-state index < -0.39 is 0 Å². The number of aromatic nitrogens is 8. The summed E-state index contributed by atoms with van der Waals surface area (Å²) >= 11 is 5.97. The molecule has 2 aromatic carbocycles. The Balaban J connectivity index is 0.000000174. The molecule has 4 aromatic heterocycles. The fraction of sp³-hybridized carbons (Fsp3) is 0.500. The average Bonchev–Trinajstić information content (AvgIpc) is 4.16. The number of hydrogen-bond donors (Lipinski definition) is 4. The van der Waals surface area contributed by atoms with Crippen LogP contribution >= 0.6 is 11.6 Å². The number of nitrogens with zero attached hydrogens (tertiary/aromatic N) is 10. The maximum Gasteiger partial charge on any atom is 0.321 e. The van der Waals surface area contributed by atoms with Gasteiger partial charge in [-0.2, -0.15) is 10.2 Å². The average molecular weight is 1010 g/mol. The largest absolute Gasteiger partial charge is 0.396 e. The zero-order chi connectivity index (χ0) is 51.9. The van der Waals surface area contributed by atoms with Crippen LogP contribution in [0.2, 0.25) is 5.28 Å². The first-order chi connectivity index (χ1) is 34.9. The second-order valence-electron chi connectivity index (χ2n) is 22.4. The second kappa shape index (κ2) is 23.1. The molecule has 4 amide bonds. The summed E-state index contributed by atoms with van der Waals surface area (Å²) in [5.41, 5.74) is 17.0. The van der Waals surface area contributed by atoms with E-state index in [1.807, 2.05) is 42.2 Å². The molecule has 4 aliphatic rings. The van der Waals surface area contributed by atoms with Crippen LogP contribution in [0.3, 0.4) is 0 Å². The van der Waals surface area contributed by atoms with Gasteiger partial charge in [0.25, 0.3) is 0 Å². The van der Waals surface area contributed by atoms with Crippen LogP contribution in [-0.4, -0.2) is 87.5 Å². The minimum atomic E-state index is 0.00645. The molecule has 10 rings (SSSR count). The number of carbonyl (C=O) groups is 2. The maximum atomic E-state index is 13.3. The van der Waals surface area contributed by atoms with Gasteiger partial charge < -0.3 is 31.5 Å². The summed E-state index contributed by atoms with van der Waals surface area (Å²) in [7, 11) is 3.70. The molecule has 17 heteroatoms. The second-order valence-corrected chi connectivity index (χ2v) is 22.7. The van der Waals surface area contributed by atoms with Gasteiger partial charge >= 0.3 is 12.1 Å². The normalized spacial score (nSPS) is 18.7. The van der Waals surface area contributed by atoms with Crippen LogP contribution in [0.1, 0.15) is 121 Å². The number of aryl methyl sites for hydroxylation is 4. The highest BCUT2D eigenvalue weighted by atomic mass is 35.5. The van der Waals surface area contributed by atoms with Crippen LogP contribution in [0, 0.1) is 22.7 Å². The van der Waals surface area contributed by atoms with E-state index in [9.17, 15) is 9.59 Å². The van der Waals surface area contributed by atoms with Crippen molar-refractivity contribution in [3.63, 3.8) is 0 Å². The van der Waals surface area contributed by atoms with Gasteiger partial charge in [-0.1, -0.05) is 66.5 Å². The zero-order valence-electron chi connectivity index (χ0n) is 44.1. The smallest absolute Gasteiger partial charge is 0.321 e. The van der Waals surface area contributed by atoms with Gasteiger partial charge in [-0.05, 0) is 145 Å². The standard InChI is InChI=1S/C28H37N7O.C24H31ClN4O.C4H7N3/c1-28(2,3)21-11-13-35(17-21)27(36)33-25-15-20(14-19-8-6-5-7-9-23(19)25)24-10-12-29-26(32-24)31-22-16-30-34(4)18-22;1-24(2,3)18-11-13-29(15-18)23(30)28-21-7-5-4-6-16-14-17(8-9-19(16)21)20-10-12-26-22(25)27-20;1-7-3-4(5)2-6-7/h10,12,14-16,18,21H,5-9,11,13,17H2,1-4H3,(H,33,36)(H,29,31,32);8-10,12,14,18,21H,4-7,11,13,15H2,1-3H3,(H,28,30);2-3H,5H2,1H3. The number of carbonyl (C=O) groups excluding carboxylic acids is 2. The van der Waals surface area contributed by atoms with Gasteiger partial charge in [0.05, 0.1) is 41.2 Å². The molecule has 6 aromatic rings. The summed E-state index contributed by atoms with van der Waals surface area (Å²) in [6.07, 6.45) is 22.4. The van der Waals surface area contributed by atoms with Gasteiger partial charge in [-0.25, -0.2) is 29.5 Å². The lowest BCUT2D eigenvalue weighted by Gasteiger charge is -2.28. The first-order valence-electron chi connectivity index (χ1n) is 26.1. The number of rotatable bonds is 6. The predicted octanol–water partition coefficient (Wildman–Crippen LogP) is 11.4. The third-order valence-electron chi connectivity index (χ3n) is 14.9. The van der Waals surface area contributed by atoms with E-state index in [4.69, 9.17) is 22.3 Å². The molecule has 2 fully saturated rings. The number of nitrogen functional groups attached to an aromatic ring is 1. The van der Waals surface area contributed by atoms with Crippen molar-refractivity contribution < 1.29 is 9.59 Å². The van der Waals surface area contributed by atoms with Crippen molar-refractivity contribution in [1.82, 2.24) is 54.6 Å². The number of hydrogen-bond acceptors (Lipinski definition) is 10. The first-order valence-corrected chi connectivity index (χ1v) is 26.5.